The van der Waals surface area contributed by atoms with E-state index in [1.54, 1.807) is 17.4 Å². The summed E-state index contributed by atoms with van der Waals surface area (Å²) < 4.78 is 13.5. The number of hydrogen-bond acceptors (Lipinski definition) is 5. The van der Waals surface area contributed by atoms with E-state index in [0.29, 0.717) is 6.54 Å². The molecule has 0 saturated carbocycles. The fourth-order valence-electron chi connectivity index (χ4n) is 2.35. The SMILES string of the molecule is CCN(c1cccc(F)c1)c1nc(N)nc2sc(C)cc12. The van der Waals surface area contributed by atoms with Crippen LogP contribution < -0.4 is 10.6 Å². The molecule has 0 aliphatic rings. The summed E-state index contributed by atoms with van der Waals surface area (Å²) in [6.45, 7) is 4.67. The number of hydrogen-bond donors (Lipinski definition) is 1. The quantitative estimate of drug-likeness (QED) is 0.797. The predicted molar refractivity (Wildman–Crippen MR) is 85.6 cm³/mol. The van der Waals surface area contributed by atoms with Gasteiger partial charge in [0.15, 0.2) is 0 Å². The van der Waals surface area contributed by atoms with Gasteiger partial charge in [-0.3, -0.25) is 0 Å². The summed E-state index contributed by atoms with van der Waals surface area (Å²) in [4.78, 5) is 12.6. The van der Waals surface area contributed by atoms with Crippen molar-refractivity contribution in [1.29, 1.82) is 0 Å². The summed E-state index contributed by atoms with van der Waals surface area (Å²) in [5.74, 6) is 0.676. The smallest absolute Gasteiger partial charge is 0.223 e. The Morgan fingerprint density at radius 3 is 2.81 bits per heavy atom. The molecule has 0 unspecified atom stereocenters. The molecule has 0 aliphatic carbocycles. The fourth-order valence-corrected chi connectivity index (χ4v) is 3.23. The Balaban J connectivity index is 2.21. The highest BCUT2D eigenvalue weighted by atomic mass is 32.1. The van der Waals surface area contributed by atoms with Crippen LogP contribution >= 0.6 is 11.3 Å². The first kappa shape index (κ1) is 13.8. The number of fused-ring (bicyclic) bond motifs is 1. The van der Waals surface area contributed by atoms with Gasteiger partial charge in [0.25, 0.3) is 0 Å². The van der Waals surface area contributed by atoms with Crippen molar-refractivity contribution in [1.82, 2.24) is 9.97 Å². The van der Waals surface area contributed by atoms with E-state index in [1.165, 1.54) is 12.1 Å². The second kappa shape index (κ2) is 5.29. The first-order chi connectivity index (χ1) is 10.1. The average molecular weight is 302 g/mol. The van der Waals surface area contributed by atoms with E-state index >= 15 is 0 Å². The van der Waals surface area contributed by atoms with Crippen LogP contribution in [0.25, 0.3) is 10.2 Å². The Labute approximate surface area is 126 Å². The molecule has 0 radical (unpaired) electrons. The van der Waals surface area contributed by atoms with Crippen molar-refractivity contribution in [2.75, 3.05) is 17.2 Å². The van der Waals surface area contributed by atoms with Gasteiger partial charge in [0.05, 0.1) is 5.39 Å². The molecule has 0 saturated heterocycles. The predicted octanol–water partition coefficient (Wildman–Crippen LogP) is 3.88. The molecule has 4 nitrogen and oxygen atoms in total. The molecule has 21 heavy (non-hydrogen) atoms. The summed E-state index contributed by atoms with van der Waals surface area (Å²) in [5.41, 5.74) is 6.57. The Bertz CT molecular complexity index is 799. The Hall–Kier alpha value is -2.21. The van der Waals surface area contributed by atoms with Crippen LogP contribution in [0.4, 0.5) is 21.8 Å². The molecule has 0 fully saturated rings. The summed E-state index contributed by atoms with van der Waals surface area (Å²) in [6.07, 6.45) is 0. The third-order valence-corrected chi connectivity index (χ3v) is 4.15. The summed E-state index contributed by atoms with van der Waals surface area (Å²) >= 11 is 1.57. The lowest BCUT2D eigenvalue weighted by molar-refractivity contribution is 0.627. The van der Waals surface area contributed by atoms with E-state index in [4.69, 9.17) is 5.73 Å². The average Bonchev–Trinajstić information content (AvgIpc) is 2.80. The van der Waals surface area contributed by atoms with Crippen molar-refractivity contribution >= 4 is 39.0 Å². The second-order valence-electron chi connectivity index (χ2n) is 4.71. The highest BCUT2D eigenvalue weighted by Gasteiger charge is 2.16. The molecule has 0 aliphatic heterocycles. The summed E-state index contributed by atoms with van der Waals surface area (Å²) in [7, 11) is 0. The monoisotopic (exact) mass is 302 g/mol. The number of halogens is 1. The summed E-state index contributed by atoms with van der Waals surface area (Å²) in [6, 6.07) is 8.50. The molecule has 2 heterocycles. The maximum atomic E-state index is 13.5. The highest BCUT2D eigenvalue weighted by molar-refractivity contribution is 7.18. The molecular weight excluding hydrogens is 287 g/mol. The van der Waals surface area contributed by atoms with Gasteiger partial charge in [0, 0.05) is 17.1 Å². The van der Waals surface area contributed by atoms with Crippen LogP contribution in [-0.2, 0) is 0 Å². The first-order valence-corrected chi connectivity index (χ1v) is 7.47. The van der Waals surface area contributed by atoms with Gasteiger partial charge >= 0.3 is 0 Å². The molecule has 2 N–H and O–H groups in total. The molecule has 108 valence electrons. The van der Waals surface area contributed by atoms with Crippen molar-refractivity contribution in [3.8, 4) is 0 Å². The Kier molecular flexibility index (Phi) is 3.47. The zero-order chi connectivity index (χ0) is 15.0. The van der Waals surface area contributed by atoms with Crippen molar-refractivity contribution in [2.24, 2.45) is 0 Å². The first-order valence-electron chi connectivity index (χ1n) is 6.65. The molecule has 0 atom stereocenters. The van der Waals surface area contributed by atoms with E-state index in [-0.39, 0.29) is 11.8 Å². The number of nitrogens with zero attached hydrogens (tertiary/aromatic N) is 3. The third-order valence-electron chi connectivity index (χ3n) is 3.20. The lowest BCUT2D eigenvalue weighted by Crippen LogP contribution is -2.18. The molecular formula is C15H15FN4S. The topological polar surface area (TPSA) is 55.0 Å². The molecule has 0 amide bonds. The fraction of sp³-hybridized carbons (Fsp3) is 0.200. The van der Waals surface area contributed by atoms with Crippen LogP contribution in [0, 0.1) is 12.7 Å². The van der Waals surface area contributed by atoms with Crippen LogP contribution in [0.2, 0.25) is 0 Å². The molecule has 0 spiro atoms. The minimum Gasteiger partial charge on any atom is -0.368 e. The third kappa shape index (κ3) is 2.54. The van der Waals surface area contributed by atoms with E-state index in [0.717, 1.165) is 26.6 Å². The number of nitrogen functional groups attached to an aromatic ring is 1. The lowest BCUT2D eigenvalue weighted by Gasteiger charge is -2.23. The Morgan fingerprint density at radius 2 is 2.10 bits per heavy atom. The molecule has 1 aromatic carbocycles. The molecule has 0 bridgehead atoms. The number of aromatic nitrogens is 2. The molecule has 3 rings (SSSR count). The maximum absolute atomic E-state index is 13.5. The zero-order valence-corrected chi connectivity index (χ0v) is 12.6. The van der Waals surface area contributed by atoms with Gasteiger partial charge in [0.2, 0.25) is 5.95 Å². The Morgan fingerprint density at radius 1 is 1.29 bits per heavy atom. The standard InChI is InChI=1S/C15H15FN4S/c1-3-20(11-6-4-5-10(16)8-11)13-12-7-9(2)21-14(12)19-15(17)18-13/h4-8H,3H2,1-2H3,(H2,17,18,19). The van der Waals surface area contributed by atoms with Gasteiger partial charge < -0.3 is 10.6 Å². The number of thiophene rings is 1. The maximum Gasteiger partial charge on any atom is 0.223 e. The number of benzene rings is 1. The van der Waals surface area contributed by atoms with Crippen LogP contribution in [-0.4, -0.2) is 16.5 Å². The van der Waals surface area contributed by atoms with Gasteiger partial charge in [-0.1, -0.05) is 6.07 Å². The zero-order valence-electron chi connectivity index (χ0n) is 11.8. The summed E-state index contributed by atoms with van der Waals surface area (Å²) in [5, 5.41) is 0.942. The van der Waals surface area contributed by atoms with Crippen molar-refractivity contribution in [3.05, 3.63) is 41.0 Å². The minimum absolute atomic E-state index is 0.231. The van der Waals surface area contributed by atoms with Gasteiger partial charge in [-0.15, -0.1) is 11.3 Å². The number of nitrogens with two attached hydrogens (primary N) is 1. The lowest BCUT2D eigenvalue weighted by atomic mass is 10.2. The van der Waals surface area contributed by atoms with Crippen LogP contribution in [0.5, 0.6) is 0 Å². The van der Waals surface area contributed by atoms with Crippen molar-refractivity contribution in [3.63, 3.8) is 0 Å². The van der Waals surface area contributed by atoms with Crippen molar-refractivity contribution < 1.29 is 4.39 Å². The van der Waals surface area contributed by atoms with Crippen molar-refractivity contribution in [2.45, 2.75) is 13.8 Å². The number of anilines is 3. The van der Waals surface area contributed by atoms with E-state index < -0.39 is 0 Å². The highest BCUT2D eigenvalue weighted by Crippen LogP contribution is 2.34. The van der Waals surface area contributed by atoms with Gasteiger partial charge in [-0.05, 0) is 38.1 Å². The van der Waals surface area contributed by atoms with Crippen LogP contribution in [0.3, 0.4) is 0 Å². The normalized spacial score (nSPS) is 11.0. The van der Waals surface area contributed by atoms with Gasteiger partial charge in [-0.25, -0.2) is 9.37 Å². The number of aryl methyl sites for hydroxylation is 1. The number of rotatable bonds is 3. The van der Waals surface area contributed by atoms with E-state index in [2.05, 4.69) is 9.97 Å². The van der Waals surface area contributed by atoms with Gasteiger partial charge in [-0.2, -0.15) is 4.98 Å². The van der Waals surface area contributed by atoms with Crippen LogP contribution in [0.1, 0.15) is 11.8 Å². The second-order valence-corrected chi connectivity index (χ2v) is 5.94. The van der Waals surface area contributed by atoms with E-state index in [9.17, 15) is 4.39 Å². The van der Waals surface area contributed by atoms with Gasteiger partial charge in [0.1, 0.15) is 16.5 Å². The molecule has 2 aromatic heterocycles. The van der Waals surface area contributed by atoms with Crippen LogP contribution in [0.15, 0.2) is 30.3 Å². The molecule has 6 heteroatoms. The largest absolute Gasteiger partial charge is 0.368 e. The minimum atomic E-state index is -0.272. The molecule has 3 aromatic rings. The van der Waals surface area contributed by atoms with E-state index in [1.807, 2.05) is 30.9 Å².